The highest BCUT2D eigenvalue weighted by atomic mass is 32.2. The van der Waals surface area contributed by atoms with Crippen molar-refractivity contribution in [2.75, 3.05) is 20.2 Å². The number of methoxy groups -OCH3 is 1. The van der Waals surface area contributed by atoms with Gasteiger partial charge in [0.2, 0.25) is 10.0 Å². The SMILES string of the molecule is COc1ccc(S(=O)(=O)N2CCC(Oc3ccc(F)cc3)CC2)cc1C. The molecule has 7 heteroatoms. The van der Waals surface area contributed by atoms with Gasteiger partial charge in [0.15, 0.2) is 0 Å². The van der Waals surface area contributed by atoms with E-state index in [1.165, 1.54) is 16.4 Å². The lowest BCUT2D eigenvalue weighted by Gasteiger charge is -2.31. The molecule has 5 nitrogen and oxygen atoms in total. The number of ether oxygens (including phenoxy) is 2. The van der Waals surface area contributed by atoms with Crippen LogP contribution in [0, 0.1) is 12.7 Å². The molecule has 1 saturated heterocycles. The minimum absolute atomic E-state index is 0.0792. The second-order valence-electron chi connectivity index (χ2n) is 6.31. The van der Waals surface area contributed by atoms with Crippen molar-refractivity contribution in [1.82, 2.24) is 4.31 Å². The van der Waals surface area contributed by atoms with Gasteiger partial charge in [-0.05, 0) is 67.8 Å². The highest BCUT2D eigenvalue weighted by Gasteiger charge is 2.30. The van der Waals surface area contributed by atoms with E-state index in [2.05, 4.69) is 0 Å². The van der Waals surface area contributed by atoms with Gasteiger partial charge in [-0.3, -0.25) is 0 Å². The lowest BCUT2D eigenvalue weighted by molar-refractivity contribution is 0.135. The molecule has 0 N–H and O–H groups in total. The molecule has 1 aliphatic rings. The van der Waals surface area contributed by atoms with Crippen LogP contribution in [-0.4, -0.2) is 39.0 Å². The smallest absolute Gasteiger partial charge is 0.243 e. The zero-order valence-corrected chi connectivity index (χ0v) is 15.6. The molecule has 0 atom stereocenters. The van der Waals surface area contributed by atoms with Crippen molar-refractivity contribution in [3.8, 4) is 11.5 Å². The van der Waals surface area contributed by atoms with Crippen LogP contribution in [0.2, 0.25) is 0 Å². The lowest BCUT2D eigenvalue weighted by atomic mass is 10.1. The Kier molecular flexibility index (Phi) is 5.48. The number of nitrogens with zero attached hydrogens (tertiary/aromatic N) is 1. The quantitative estimate of drug-likeness (QED) is 0.799. The minimum atomic E-state index is -3.54. The molecule has 0 bridgehead atoms. The topological polar surface area (TPSA) is 55.8 Å². The maximum atomic E-state index is 12.9. The predicted molar refractivity (Wildman–Crippen MR) is 96.5 cm³/mol. The molecule has 0 aromatic heterocycles. The van der Waals surface area contributed by atoms with E-state index < -0.39 is 10.0 Å². The van der Waals surface area contributed by atoms with Crippen molar-refractivity contribution in [3.05, 3.63) is 53.8 Å². The molecule has 0 unspecified atom stereocenters. The van der Waals surface area contributed by atoms with Crippen molar-refractivity contribution in [2.24, 2.45) is 0 Å². The Bertz CT molecular complexity index is 860. The first-order valence-corrected chi connectivity index (χ1v) is 9.91. The maximum absolute atomic E-state index is 12.9. The summed E-state index contributed by atoms with van der Waals surface area (Å²) < 4.78 is 51.1. The van der Waals surface area contributed by atoms with Crippen molar-refractivity contribution in [2.45, 2.75) is 30.8 Å². The fourth-order valence-corrected chi connectivity index (χ4v) is 4.61. The summed E-state index contributed by atoms with van der Waals surface area (Å²) in [6, 6.07) is 10.7. The highest BCUT2D eigenvalue weighted by Crippen LogP contribution is 2.27. The van der Waals surface area contributed by atoms with Crippen LogP contribution in [0.5, 0.6) is 11.5 Å². The second kappa shape index (κ2) is 7.63. The average Bonchev–Trinajstić information content (AvgIpc) is 2.64. The first-order valence-electron chi connectivity index (χ1n) is 8.47. The normalized spacial score (nSPS) is 16.4. The van der Waals surface area contributed by atoms with Crippen LogP contribution in [0.15, 0.2) is 47.4 Å². The number of halogens is 1. The molecule has 0 amide bonds. The van der Waals surface area contributed by atoms with Gasteiger partial charge in [0.05, 0.1) is 12.0 Å². The Balaban J connectivity index is 1.65. The predicted octanol–water partition coefficient (Wildman–Crippen LogP) is 3.37. The largest absolute Gasteiger partial charge is 0.496 e. The third kappa shape index (κ3) is 3.99. The summed E-state index contributed by atoms with van der Waals surface area (Å²) in [7, 11) is -1.98. The number of hydrogen-bond donors (Lipinski definition) is 0. The number of hydrogen-bond acceptors (Lipinski definition) is 4. The van der Waals surface area contributed by atoms with Gasteiger partial charge in [0.1, 0.15) is 23.4 Å². The molecule has 0 radical (unpaired) electrons. The van der Waals surface area contributed by atoms with Crippen molar-refractivity contribution in [3.63, 3.8) is 0 Å². The first-order chi connectivity index (χ1) is 12.4. The summed E-state index contributed by atoms with van der Waals surface area (Å²) in [5.41, 5.74) is 0.781. The van der Waals surface area contributed by atoms with Crippen molar-refractivity contribution < 1.29 is 22.3 Å². The van der Waals surface area contributed by atoms with E-state index >= 15 is 0 Å². The third-order valence-electron chi connectivity index (χ3n) is 4.52. The van der Waals surface area contributed by atoms with Gasteiger partial charge in [-0.15, -0.1) is 0 Å². The Morgan fingerprint density at radius 1 is 1.08 bits per heavy atom. The van der Waals surface area contributed by atoms with Crippen molar-refractivity contribution >= 4 is 10.0 Å². The Morgan fingerprint density at radius 3 is 2.31 bits per heavy atom. The number of aryl methyl sites for hydroxylation is 1. The van der Waals surface area contributed by atoms with Gasteiger partial charge in [-0.25, -0.2) is 12.8 Å². The molecule has 1 aliphatic heterocycles. The summed E-state index contributed by atoms with van der Waals surface area (Å²) in [5, 5.41) is 0. The van der Waals surface area contributed by atoms with E-state index in [0.29, 0.717) is 37.4 Å². The molecular formula is C19H22FNO4S. The van der Waals surface area contributed by atoms with Gasteiger partial charge in [-0.1, -0.05) is 0 Å². The Hall–Kier alpha value is -2.12. The van der Waals surface area contributed by atoms with E-state index in [1.807, 2.05) is 6.92 Å². The fourth-order valence-electron chi connectivity index (χ4n) is 3.06. The van der Waals surface area contributed by atoms with Crippen molar-refractivity contribution in [1.29, 1.82) is 0 Å². The third-order valence-corrected chi connectivity index (χ3v) is 6.42. The van der Waals surface area contributed by atoms with Crippen LogP contribution >= 0.6 is 0 Å². The van der Waals surface area contributed by atoms with Crippen LogP contribution < -0.4 is 9.47 Å². The minimum Gasteiger partial charge on any atom is -0.496 e. The van der Waals surface area contributed by atoms with Gasteiger partial charge in [0, 0.05) is 13.1 Å². The second-order valence-corrected chi connectivity index (χ2v) is 8.24. The summed E-state index contributed by atoms with van der Waals surface area (Å²) >= 11 is 0. The molecule has 2 aromatic carbocycles. The standard InChI is InChI=1S/C19H22FNO4S/c1-14-13-18(7-8-19(14)24-2)26(22,23)21-11-9-17(10-12-21)25-16-5-3-15(20)4-6-16/h3-8,13,17H,9-12H2,1-2H3. The van der Waals surface area contributed by atoms with E-state index in [-0.39, 0.29) is 16.8 Å². The van der Waals surface area contributed by atoms with E-state index in [4.69, 9.17) is 9.47 Å². The maximum Gasteiger partial charge on any atom is 0.243 e. The Morgan fingerprint density at radius 2 is 1.73 bits per heavy atom. The van der Waals surface area contributed by atoms with E-state index in [0.717, 1.165) is 5.56 Å². The number of sulfonamides is 1. The lowest BCUT2D eigenvalue weighted by Crippen LogP contribution is -2.41. The van der Waals surface area contributed by atoms with Crippen LogP contribution in [0.4, 0.5) is 4.39 Å². The number of piperidine rings is 1. The van der Waals surface area contributed by atoms with Crippen LogP contribution in [0.1, 0.15) is 18.4 Å². The fraction of sp³-hybridized carbons (Fsp3) is 0.368. The van der Waals surface area contributed by atoms with E-state index in [9.17, 15) is 12.8 Å². The molecule has 1 fully saturated rings. The molecule has 1 heterocycles. The summed E-state index contributed by atoms with van der Waals surface area (Å²) in [5.74, 6) is 0.946. The molecule has 0 aliphatic carbocycles. The van der Waals surface area contributed by atoms with Gasteiger partial charge < -0.3 is 9.47 Å². The molecule has 2 aromatic rings. The molecule has 3 rings (SSSR count). The van der Waals surface area contributed by atoms with Crippen LogP contribution in [-0.2, 0) is 10.0 Å². The molecular weight excluding hydrogens is 357 g/mol. The molecule has 0 saturated carbocycles. The number of rotatable bonds is 5. The van der Waals surface area contributed by atoms with Gasteiger partial charge in [-0.2, -0.15) is 4.31 Å². The summed E-state index contributed by atoms with van der Waals surface area (Å²) in [4.78, 5) is 0.272. The van der Waals surface area contributed by atoms with Crippen LogP contribution in [0.25, 0.3) is 0 Å². The average molecular weight is 379 g/mol. The zero-order valence-electron chi connectivity index (χ0n) is 14.8. The zero-order chi connectivity index (χ0) is 18.7. The highest BCUT2D eigenvalue weighted by molar-refractivity contribution is 7.89. The van der Waals surface area contributed by atoms with Crippen LogP contribution in [0.3, 0.4) is 0 Å². The molecule has 26 heavy (non-hydrogen) atoms. The van der Waals surface area contributed by atoms with E-state index in [1.54, 1.807) is 37.4 Å². The summed E-state index contributed by atoms with van der Waals surface area (Å²) in [6.07, 6.45) is 1.10. The van der Waals surface area contributed by atoms with Gasteiger partial charge in [0.25, 0.3) is 0 Å². The first kappa shape index (κ1) is 18.7. The molecule has 0 spiro atoms. The Labute approximate surface area is 153 Å². The molecule has 140 valence electrons. The number of benzene rings is 2. The van der Waals surface area contributed by atoms with Gasteiger partial charge >= 0.3 is 0 Å². The summed E-state index contributed by atoms with van der Waals surface area (Å²) in [6.45, 7) is 2.60. The monoisotopic (exact) mass is 379 g/mol.